The van der Waals surface area contributed by atoms with Crippen LogP contribution < -0.4 is 5.32 Å². The lowest BCUT2D eigenvalue weighted by molar-refractivity contribution is 0.0383. The van der Waals surface area contributed by atoms with E-state index in [0.29, 0.717) is 5.54 Å². The van der Waals surface area contributed by atoms with Gasteiger partial charge in [0.25, 0.3) is 0 Å². The third-order valence-corrected chi connectivity index (χ3v) is 4.64. The minimum Gasteiger partial charge on any atom is -0.314 e. The van der Waals surface area contributed by atoms with Crippen molar-refractivity contribution in [1.82, 2.24) is 15.1 Å². The van der Waals surface area contributed by atoms with Gasteiger partial charge < -0.3 is 10.2 Å². The first-order valence-corrected chi connectivity index (χ1v) is 7.83. The molecule has 2 aliphatic rings. The molecule has 18 heavy (non-hydrogen) atoms. The molecule has 2 saturated heterocycles. The van der Waals surface area contributed by atoms with E-state index < -0.39 is 0 Å². The number of nitrogens with one attached hydrogen (secondary N) is 1. The van der Waals surface area contributed by atoms with E-state index in [-0.39, 0.29) is 0 Å². The smallest absolute Gasteiger partial charge is 0.0281 e. The molecule has 0 spiro atoms. The lowest BCUT2D eigenvalue weighted by Gasteiger charge is -2.47. The van der Waals surface area contributed by atoms with E-state index in [2.05, 4.69) is 35.9 Å². The molecule has 2 aliphatic heterocycles. The Morgan fingerprint density at radius 2 is 2.00 bits per heavy atom. The second-order valence-electron chi connectivity index (χ2n) is 6.61. The van der Waals surface area contributed by atoms with Crippen LogP contribution in [0.1, 0.15) is 46.5 Å². The molecule has 0 bridgehead atoms. The van der Waals surface area contributed by atoms with Gasteiger partial charge in [0, 0.05) is 31.2 Å². The van der Waals surface area contributed by atoms with Crippen LogP contribution in [0.4, 0.5) is 0 Å². The van der Waals surface area contributed by atoms with Gasteiger partial charge in [-0.15, -0.1) is 0 Å². The van der Waals surface area contributed by atoms with Gasteiger partial charge in [0.05, 0.1) is 0 Å². The maximum Gasteiger partial charge on any atom is 0.0281 e. The summed E-state index contributed by atoms with van der Waals surface area (Å²) in [4.78, 5) is 5.44. The quantitative estimate of drug-likeness (QED) is 0.829. The van der Waals surface area contributed by atoms with Gasteiger partial charge >= 0.3 is 0 Å². The van der Waals surface area contributed by atoms with Gasteiger partial charge in [0.2, 0.25) is 0 Å². The molecule has 0 radical (unpaired) electrons. The monoisotopic (exact) mass is 253 g/mol. The molecule has 1 unspecified atom stereocenters. The number of rotatable bonds is 3. The van der Waals surface area contributed by atoms with Crippen molar-refractivity contribution in [3.63, 3.8) is 0 Å². The Morgan fingerprint density at radius 1 is 1.17 bits per heavy atom. The third-order valence-electron chi connectivity index (χ3n) is 4.64. The van der Waals surface area contributed by atoms with Crippen LogP contribution in [0.5, 0.6) is 0 Å². The maximum absolute atomic E-state index is 3.54. The van der Waals surface area contributed by atoms with E-state index in [0.717, 1.165) is 12.6 Å². The zero-order valence-corrected chi connectivity index (χ0v) is 12.5. The van der Waals surface area contributed by atoms with E-state index in [9.17, 15) is 0 Å². The molecule has 2 fully saturated rings. The number of piperazine rings is 1. The van der Waals surface area contributed by atoms with Gasteiger partial charge in [-0.25, -0.2) is 0 Å². The molecule has 0 aromatic rings. The van der Waals surface area contributed by atoms with Crippen molar-refractivity contribution < 1.29 is 0 Å². The SMILES string of the molecule is CCCN1CCCC(N2CCNCC2(C)C)CC1. The molecule has 106 valence electrons. The molecule has 3 heteroatoms. The third kappa shape index (κ3) is 3.46. The van der Waals surface area contributed by atoms with Gasteiger partial charge in [-0.3, -0.25) is 4.90 Å². The average molecular weight is 253 g/mol. The molecule has 2 rings (SSSR count). The number of hydrogen-bond donors (Lipinski definition) is 1. The van der Waals surface area contributed by atoms with Crippen molar-refractivity contribution in [2.45, 2.75) is 58.0 Å². The Labute approximate surface area is 113 Å². The molecular formula is C15H31N3. The van der Waals surface area contributed by atoms with Crippen LogP contribution in [0.25, 0.3) is 0 Å². The molecule has 3 nitrogen and oxygen atoms in total. The summed E-state index contributed by atoms with van der Waals surface area (Å²) in [7, 11) is 0. The van der Waals surface area contributed by atoms with Crippen LogP contribution in [0.3, 0.4) is 0 Å². The van der Waals surface area contributed by atoms with E-state index in [1.54, 1.807) is 0 Å². The van der Waals surface area contributed by atoms with E-state index in [1.807, 2.05) is 0 Å². The van der Waals surface area contributed by atoms with E-state index >= 15 is 0 Å². The molecule has 0 aromatic heterocycles. The largest absolute Gasteiger partial charge is 0.314 e. The van der Waals surface area contributed by atoms with E-state index in [1.165, 1.54) is 58.4 Å². The molecule has 0 aromatic carbocycles. The first-order valence-electron chi connectivity index (χ1n) is 7.83. The summed E-state index contributed by atoms with van der Waals surface area (Å²) in [6.07, 6.45) is 5.43. The Bertz CT molecular complexity index is 252. The highest BCUT2D eigenvalue weighted by molar-refractivity contribution is 4.93. The summed E-state index contributed by atoms with van der Waals surface area (Å²) < 4.78 is 0. The minimum absolute atomic E-state index is 0.336. The maximum atomic E-state index is 3.54. The molecule has 0 amide bonds. The van der Waals surface area contributed by atoms with Crippen molar-refractivity contribution in [3.05, 3.63) is 0 Å². The van der Waals surface area contributed by atoms with Crippen molar-refractivity contribution in [3.8, 4) is 0 Å². The lowest BCUT2D eigenvalue weighted by atomic mass is 9.94. The first kappa shape index (κ1) is 14.3. The Balaban J connectivity index is 1.92. The predicted octanol–water partition coefficient (Wildman–Crippen LogP) is 1.93. The number of nitrogens with zero attached hydrogens (tertiary/aromatic N) is 2. The zero-order valence-electron chi connectivity index (χ0n) is 12.5. The summed E-state index contributed by atoms with van der Waals surface area (Å²) in [5.41, 5.74) is 0.336. The van der Waals surface area contributed by atoms with Gasteiger partial charge in [0.1, 0.15) is 0 Å². The van der Waals surface area contributed by atoms with Crippen LogP contribution in [-0.2, 0) is 0 Å². The molecule has 2 heterocycles. The fourth-order valence-electron chi connectivity index (χ4n) is 3.66. The van der Waals surface area contributed by atoms with Gasteiger partial charge in [-0.05, 0) is 59.2 Å². The standard InChI is InChI=1S/C15H31N3/c1-4-9-17-10-5-6-14(7-11-17)18-12-8-16-13-15(18,2)3/h14,16H,4-13H2,1-3H3. The van der Waals surface area contributed by atoms with Crippen molar-refractivity contribution in [2.24, 2.45) is 0 Å². The van der Waals surface area contributed by atoms with E-state index in [4.69, 9.17) is 0 Å². The number of hydrogen-bond acceptors (Lipinski definition) is 3. The van der Waals surface area contributed by atoms with Crippen LogP contribution in [0.2, 0.25) is 0 Å². The second kappa shape index (κ2) is 6.36. The lowest BCUT2D eigenvalue weighted by Crippen LogP contribution is -2.61. The highest BCUT2D eigenvalue weighted by Gasteiger charge is 2.35. The Morgan fingerprint density at radius 3 is 2.72 bits per heavy atom. The summed E-state index contributed by atoms with van der Waals surface area (Å²) in [6.45, 7) is 14.5. The summed E-state index contributed by atoms with van der Waals surface area (Å²) in [5, 5.41) is 3.54. The average Bonchev–Trinajstić information content (AvgIpc) is 2.55. The molecular weight excluding hydrogens is 222 g/mol. The normalized spacial score (nSPS) is 31.2. The van der Waals surface area contributed by atoms with Crippen LogP contribution in [-0.4, -0.2) is 60.6 Å². The fraction of sp³-hybridized carbons (Fsp3) is 1.00. The zero-order chi connectivity index (χ0) is 13.0. The molecule has 0 aliphatic carbocycles. The number of likely N-dealkylation sites (tertiary alicyclic amines) is 1. The van der Waals surface area contributed by atoms with Crippen LogP contribution in [0, 0.1) is 0 Å². The topological polar surface area (TPSA) is 18.5 Å². The predicted molar refractivity (Wildman–Crippen MR) is 78.0 cm³/mol. The summed E-state index contributed by atoms with van der Waals surface area (Å²) >= 11 is 0. The van der Waals surface area contributed by atoms with Gasteiger partial charge in [-0.1, -0.05) is 6.92 Å². The van der Waals surface area contributed by atoms with Crippen LogP contribution in [0.15, 0.2) is 0 Å². The first-order chi connectivity index (χ1) is 8.63. The summed E-state index contributed by atoms with van der Waals surface area (Å²) in [5.74, 6) is 0. The molecule has 1 N–H and O–H groups in total. The summed E-state index contributed by atoms with van der Waals surface area (Å²) in [6, 6.07) is 0.809. The molecule has 1 atom stereocenters. The fourth-order valence-corrected chi connectivity index (χ4v) is 3.66. The van der Waals surface area contributed by atoms with Crippen molar-refractivity contribution >= 4 is 0 Å². The highest BCUT2D eigenvalue weighted by Crippen LogP contribution is 2.25. The van der Waals surface area contributed by atoms with Gasteiger partial charge in [0.15, 0.2) is 0 Å². The Kier molecular flexibility index (Phi) is 5.05. The molecule has 0 saturated carbocycles. The minimum atomic E-state index is 0.336. The van der Waals surface area contributed by atoms with Crippen LogP contribution >= 0.6 is 0 Å². The van der Waals surface area contributed by atoms with Gasteiger partial charge in [-0.2, -0.15) is 0 Å². The van der Waals surface area contributed by atoms with Crippen molar-refractivity contribution in [2.75, 3.05) is 39.3 Å². The highest BCUT2D eigenvalue weighted by atomic mass is 15.3. The Hall–Kier alpha value is -0.120. The second-order valence-corrected chi connectivity index (χ2v) is 6.61. The van der Waals surface area contributed by atoms with Crippen molar-refractivity contribution in [1.29, 1.82) is 0 Å².